The highest BCUT2D eigenvalue weighted by atomic mass is 35.5. The minimum Gasteiger partial charge on any atom is -0.495 e. The summed E-state index contributed by atoms with van der Waals surface area (Å²) in [4.78, 5) is 27.0. The van der Waals surface area contributed by atoms with E-state index >= 15 is 0 Å². The number of thiocarbonyl (C=S) groups is 1. The largest absolute Gasteiger partial charge is 0.495 e. The van der Waals surface area contributed by atoms with Crippen LogP contribution < -0.4 is 15.0 Å². The zero-order valence-corrected chi connectivity index (χ0v) is 14.8. The summed E-state index contributed by atoms with van der Waals surface area (Å²) in [5.74, 6) is -0.582. The molecule has 2 aromatic rings. The van der Waals surface area contributed by atoms with Gasteiger partial charge in [-0.15, -0.1) is 11.3 Å². The lowest BCUT2D eigenvalue weighted by atomic mass is 10.1. The van der Waals surface area contributed by atoms with Gasteiger partial charge in [0.1, 0.15) is 11.3 Å². The first kappa shape index (κ1) is 16.6. The molecule has 1 aromatic carbocycles. The van der Waals surface area contributed by atoms with Crippen molar-refractivity contribution in [2.24, 2.45) is 0 Å². The second kappa shape index (κ2) is 6.72. The predicted molar refractivity (Wildman–Crippen MR) is 98.5 cm³/mol. The number of halogens is 1. The lowest BCUT2D eigenvalue weighted by Gasteiger charge is -2.29. The Bertz CT molecular complexity index is 876. The van der Waals surface area contributed by atoms with Crippen molar-refractivity contribution in [3.05, 3.63) is 51.2 Å². The number of carbonyl (C=O) groups excluding carboxylic acids is 2. The van der Waals surface area contributed by atoms with Gasteiger partial charge in [-0.25, -0.2) is 4.90 Å². The van der Waals surface area contributed by atoms with Gasteiger partial charge in [-0.2, -0.15) is 0 Å². The standard InChI is InChI=1S/C16H11ClN2O3S2/c1-22-12-5-3-2-4-11(12)19-15(21)10(14(20)18-16(19)23)8-9-6-7-13(17)24-9/h2-8H,1H3,(H,18,20,23)/b10-8+. The van der Waals surface area contributed by atoms with Crippen molar-refractivity contribution < 1.29 is 14.3 Å². The monoisotopic (exact) mass is 378 g/mol. The first-order valence-electron chi connectivity index (χ1n) is 6.81. The van der Waals surface area contributed by atoms with Crippen molar-refractivity contribution >= 4 is 63.8 Å². The molecule has 0 unspecified atom stereocenters. The number of nitrogens with zero attached hydrogens (tertiary/aromatic N) is 1. The number of carbonyl (C=O) groups is 2. The van der Waals surface area contributed by atoms with Crippen LogP contribution in [0.15, 0.2) is 42.0 Å². The summed E-state index contributed by atoms with van der Waals surface area (Å²) in [6.07, 6.45) is 1.50. The molecule has 1 aromatic heterocycles. The molecular weight excluding hydrogens is 368 g/mol. The SMILES string of the molecule is COc1ccccc1N1C(=O)/C(=C/c2ccc(Cl)s2)C(=O)NC1=S. The minimum atomic E-state index is -0.541. The fourth-order valence-electron chi connectivity index (χ4n) is 2.24. The third-order valence-corrected chi connectivity index (χ3v) is 4.77. The van der Waals surface area contributed by atoms with E-state index in [1.165, 1.54) is 29.4 Å². The molecule has 5 nitrogen and oxygen atoms in total. The van der Waals surface area contributed by atoms with Crippen molar-refractivity contribution in [1.82, 2.24) is 5.32 Å². The summed E-state index contributed by atoms with van der Waals surface area (Å²) in [5, 5.41) is 2.54. The van der Waals surface area contributed by atoms with Crippen molar-refractivity contribution in [2.45, 2.75) is 0 Å². The maximum atomic E-state index is 12.9. The molecule has 8 heteroatoms. The molecule has 0 saturated carbocycles. The van der Waals surface area contributed by atoms with Gasteiger partial charge < -0.3 is 4.74 Å². The Morgan fingerprint density at radius 1 is 1.25 bits per heavy atom. The smallest absolute Gasteiger partial charge is 0.270 e. The summed E-state index contributed by atoms with van der Waals surface area (Å²) >= 11 is 12.3. The third-order valence-electron chi connectivity index (χ3n) is 3.31. The van der Waals surface area contributed by atoms with E-state index in [0.29, 0.717) is 20.7 Å². The fraction of sp³-hybridized carbons (Fsp3) is 0.0625. The van der Waals surface area contributed by atoms with Crippen LogP contribution in [-0.4, -0.2) is 24.0 Å². The number of para-hydroxylation sites is 2. The number of amides is 2. The van der Waals surface area contributed by atoms with Crippen molar-refractivity contribution in [3.63, 3.8) is 0 Å². The highest BCUT2D eigenvalue weighted by Gasteiger charge is 2.35. The van der Waals surface area contributed by atoms with Gasteiger partial charge >= 0.3 is 0 Å². The number of anilines is 1. The molecule has 0 atom stereocenters. The minimum absolute atomic E-state index is 0.0101. The fourth-order valence-corrected chi connectivity index (χ4v) is 3.52. The van der Waals surface area contributed by atoms with Crippen LogP contribution in [0.2, 0.25) is 4.34 Å². The number of ether oxygens (including phenoxy) is 1. The van der Waals surface area contributed by atoms with Crippen molar-refractivity contribution in [3.8, 4) is 5.75 Å². The average Bonchev–Trinajstić information content (AvgIpc) is 2.97. The zero-order valence-electron chi connectivity index (χ0n) is 12.4. The summed E-state index contributed by atoms with van der Waals surface area (Å²) in [7, 11) is 1.50. The Hall–Kier alpha value is -2.22. The Balaban J connectivity index is 2.05. The van der Waals surface area contributed by atoms with Gasteiger partial charge in [-0.05, 0) is 42.6 Å². The van der Waals surface area contributed by atoms with Crippen LogP contribution in [0.4, 0.5) is 5.69 Å². The van der Waals surface area contributed by atoms with Crippen LogP contribution in [0.25, 0.3) is 6.08 Å². The number of thiophene rings is 1. The second-order valence-corrected chi connectivity index (χ2v) is 6.90. The molecule has 0 aliphatic carbocycles. The van der Waals surface area contributed by atoms with Gasteiger partial charge in [0, 0.05) is 4.88 Å². The molecule has 0 spiro atoms. The normalized spacial score (nSPS) is 16.5. The van der Waals surface area contributed by atoms with E-state index in [1.807, 2.05) is 0 Å². The molecule has 0 radical (unpaired) electrons. The maximum absolute atomic E-state index is 12.9. The van der Waals surface area contributed by atoms with Gasteiger partial charge in [0.25, 0.3) is 11.8 Å². The number of nitrogens with one attached hydrogen (secondary N) is 1. The van der Waals surface area contributed by atoms with Crippen LogP contribution in [0, 0.1) is 0 Å². The number of methoxy groups -OCH3 is 1. The molecule has 2 amide bonds. The van der Waals surface area contributed by atoms with Crippen LogP contribution in [0.3, 0.4) is 0 Å². The van der Waals surface area contributed by atoms with Gasteiger partial charge in [-0.3, -0.25) is 14.9 Å². The molecule has 122 valence electrons. The summed E-state index contributed by atoms with van der Waals surface area (Å²) in [6, 6.07) is 10.4. The van der Waals surface area contributed by atoms with E-state index in [-0.39, 0.29) is 10.7 Å². The topological polar surface area (TPSA) is 58.6 Å². The molecule has 1 N–H and O–H groups in total. The molecule has 1 fully saturated rings. The van der Waals surface area contributed by atoms with Gasteiger partial charge in [-0.1, -0.05) is 23.7 Å². The highest BCUT2D eigenvalue weighted by Crippen LogP contribution is 2.31. The predicted octanol–water partition coefficient (Wildman–Crippen LogP) is 3.24. The van der Waals surface area contributed by atoms with E-state index in [2.05, 4.69) is 5.32 Å². The first-order chi connectivity index (χ1) is 11.5. The van der Waals surface area contributed by atoms with Gasteiger partial charge in [0.2, 0.25) is 0 Å². The van der Waals surface area contributed by atoms with E-state index in [1.54, 1.807) is 36.4 Å². The van der Waals surface area contributed by atoms with Crippen molar-refractivity contribution in [2.75, 3.05) is 12.0 Å². The Morgan fingerprint density at radius 2 is 2.00 bits per heavy atom. The molecule has 1 aliphatic heterocycles. The van der Waals surface area contributed by atoms with E-state index < -0.39 is 11.8 Å². The van der Waals surface area contributed by atoms with Crippen LogP contribution in [0.1, 0.15) is 4.88 Å². The molecule has 0 bridgehead atoms. The van der Waals surface area contributed by atoms with E-state index in [0.717, 1.165) is 0 Å². The van der Waals surface area contributed by atoms with E-state index in [4.69, 9.17) is 28.6 Å². The Labute approximate surface area is 152 Å². The van der Waals surface area contributed by atoms with Crippen LogP contribution in [-0.2, 0) is 9.59 Å². The first-order valence-corrected chi connectivity index (χ1v) is 8.41. The van der Waals surface area contributed by atoms with Gasteiger partial charge in [0.15, 0.2) is 5.11 Å². The average molecular weight is 379 g/mol. The molecule has 2 heterocycles. The summed E-state index contributed by atoms with van der Waals surface area (Å²) < 4.78 is 5.85. The zero-order chi connectivity index (χ0) is 17.3. The molecule has 24 heavy (non-hydrogen) atoms. The number of rotatable bonds is 3. The highest BCUT2D eigenvalue weighted by molar-refractivity contribution is 7.80. The molecular formula is C16H11ClN2O3S2. The van der Waals surface area contributed by atoms with Crippen LogP contribution >= 0.6 is 35.2 Å². The second-order valence-electron chi connectivity index (χ2n) is 4.77. The quantitative estimate of drug-likeness (QED) is 0.506. The number of hydrogen-bond acceptors (Lipinski definition) is 5. The Morgan fingerprint density at radius 3 is 2.67 bits per heavy atom. The van der Waals surface area contributed by atoms with Crippen molar-refractivity contribution in [1.29, 1.82) is 0 Å². The summed E-state index contributed by atoms with van der Waals surface area (Å²) in [5.41, 5.74) is 0.443. The lowest BCUT2D eigenvalue weighted by molar-refractivity contribution is -0.122. The maximum Gasteiger partial charge on any atom is 0.270 e. The number of hydrogen-bond donors (Lipinski definition) is 1. The molecule has 1 aliphatic rings. The van der Waals surface area contributed by atoms with E-state index in [9.17, 15) is 9.59 Å². The number of benzene rings is 1. The Kier molecular flexibility index (Phi) is 4.66. The summed E-state index contributed by atoms with van der Waals surface area (Å²) in [6.45, 7) is 0. The lowest BCUT2D eigenvalue weighted by Crippen LogP contribution is -2.54. The van der Waals surface area contributed by atoms with Crippen LogP contribution in [0.5, 0.6) is 5.75 Å². The third kappa shape index (κ3) is 3.06. The molecule has 3 rings (SSSR count). The van der Waals surface area contributed by atoms with Gasteiger partial charge in [0.05, 0.1) is 17.1 Å². The molecule has 1 saturated heterocycles.